The molecule has 1 unspecified atom stereocenters. The molecule has 19 heavy (non-hydrogen) atoms. The number of hydrogen-bond donors (Lipinski definition) is 1. The Morgan fingerprint density at radius 3 is 2.95 bits per heavy atom. The maximum Gasteiger partial charge on any atom is 0.252 e. The number of amides is 1. The third kappa shape index (κ3) is 1.89. The first kappa shape index (κ1) is 12.1. The van der Waals surface area contributed by atoms with Gasteiger partial charge in [-0.15, -0.1) is 0 Å². The molecule has 5 heteroatoms. The minimum Gasteiger partial charge on any atom is -0.354 e. The van der Waals surface area contributed by atoms with E-state index in [-0.39, 0.29) is 11.7 Å². The fourth-order valence-corrected chi connectivity index (χ4v) is 2.92. The van der Waals surface area contributed by atoms with Crippen LogP contribution in [0, 0.1) is 0 Å². The Balaban J connectivity index is 2.12. The SMILES string of the molecule is CC(=O)c1nc(N2CCCC2C)cc2c1CNC2=O. The van der Waals surface area contributed by atoms with Crippen LogP contribution in [-0.4, -0.2) is 29.3 Å². The molecule has 5 nitrogen and oxygen atoms in total. The molecule has 0 saturated carbocycles. The number of carbonyl (C=O) groups is 2. The minimum atomic E-state index is -0.104. The Kier molecular flexibility index (Phi) is 2.77. The molecule has 1 atom stereocenters. The van der Waals surface area contributed by atoms with E-state index in [1.165, 1.54) is 6.92 Å². The summed E-state index contributed by atoms with van der Waals surface area (Å²) in [6.07, 6.45) is 2.25. The molecule has 0 bridgehead atoms. The van der Waals surface area contributed by atoms with Crippen LogP contribution in [0.1, 0.15) is 53.1 Å². The second kappa shape index (κ2) is 4.33. The zero-order chi connectivity index (χ0) is 13.6. The molecule has 2 aliphatic rings. The van der Waals surface area contributed by atoms with Crippen LogP contribution in [0.5, 0.6) is 0 Å². The lowest BCUT2D eigenvalue weighted by Gasteiger charge is -2.23. The zero-order valence-electron chi connectivity index (χ0n) is 11.2. The molecule has 2 aliphatic heterocycles. The summed E-state index contributed by atoms with van der Waals surface area (Å²) in [7, 11) is 0. The number of anilines is 1. The van der Waals surface area contributed by atoms with Crippen molar-refractivity contribution in [3.63, 3.8) is 0 Å². The molecule has 1 N–H and O–H groups in total. The van der Waals surface area contributed by atoms with Crippen molar-refractivity contribution in [3.05, 3.63) is 22.9 Å². The van der Waals surface area contributed by atoms with Gasteiger partial charge in [-0.2, -0.15) is 0 Å². The van der Waals surface area contributed by atoms with E-state index in [2.05, 4.69) is 22.1 Å². The van der Waals surface area contributed by atoms with Crippen molar-refractivity contribution in [1.82, 2.24) is 10.3 Å². The molecular weight excluding hydrogens is 242 g/mol. The molecule has 0 spiro atoms. The molecule has 1 amide bonds. The van der Waals surface area contributed by atoms with Gasteiger partial charge in [-0.3, -0.25) is 9.59 Å². The lowest BCUT2D eigenvalue weighted by Crippen LogP contribution is -2.28. The lowest BCUT2D eigenvalue weighted by atomic mass is 10.1. The number of ketones is 1. The monoisotopic (exact) mass is 259 g/mol. The molecule has 3 rings (SSSR count). The van der Waals surface area contributed by atoms with E-state index in [1.807, 2.05) is 6.07 Å². The van der Waals surface area contributed by atoms with Gasteiger partial charge in [0.25, 0.3) is 5.91 Å². The second-order valence-electron chi connectivity index (χ2n) is 5.28. The summed E-state index contributed by atoms with van der Waals surface area (Å²) in [5.41, 5.74) is 1.78. The van der Waals surface area contributed by atoms with Gasteiger partial charge in [-0.25, -0.2) is 4.98 Å². The lowest BCUT2D eigenvalue weighted by molar-refractivity contribution is 0.0964. The van der Waals surface area contributed by atoms with E-state index in [0.717, 1.165) is 30.8 Å². The van der Waals surface area contributed by atoms with Gasteiger partial charge >= 0.3 is 0 Å². The molecule has 1 fully saturated rings. The average molecular weight is 259 g/mol. The first-order valence-electron chi connectivity index (χ1n) is 6.67. The molecule has 1 saturated heterocycles. The number of Topliss-reactive ketones (excluding diaryl/α,β-unsaturated/α-hetero) is 1. The Morgan fingerprint density at radius 1 is 1.53 bits per heavy atom. The number of pyridine rings is 1. The van der Waals surface area contributed by atoms with Crippen LogP contribution in [0.25, 0.3) is 0 Å². The highest BCUT2D eigenvalue weighted by atomic mass is 16.2. The van der Waals surface area contributed by atoms with Crippen molar-refractivity contribution in [2.45, 2.75) is 39.3 Å². The largest absolute Gasteiger partial charge is 0.354 e. The van der Waals surface area contributed by atoms with E-state index in [1.54, 1.807) is 0 Å². The fraction of sp³-hybridized carbons (Fsp3) is 0.500. The van der Waals surface area contributed by atoms with E-state index in [9.17, 15) is 9.59 Å². The normalized spacial score (nSPS) is 21.5. The molecule has 0 radical (unpaired) electrons. The number of fused-ring (bicyclic) bond motifs is 1. The van der Waals surface area contributed by atoms with Crippen molar-refractivity contribution >= 4 is 17.5 Å². The Labute approximate surface area is 112 Å². The van der Waals surface area contributed by atoms with E-state index in [0.29, 0.717) is 23.8 Å². The van der Waals surface area contributed by atoms with Crippen molar-refractivity contribution in [3.8, 4) is 0 Å². The summed E-state index contributed by atoms with van der Waals surface area (Å²) in [5.74, 6) is 0.570. The second-order valence-corrected chi connectivity index (χ2v) is 5.28. The highest BCUT2D eigenvalue weighted by Gasteiger charge is 2.29. The van der Waals surface area contributed by atoms with Gasteiger partial charge in [0.2, 0.25) is 0 Å². The van der Waals surface area contributed by atoms with E-state index >= 15 is 0 Å². The van der Waals surface area contributed by atoms with Gasteiger partial charge in [0.05, 0.1) is 5.56 Å². The van der Waals surface area contributed by atoms with Crippen LogP contribution >= 0.6 is 0 Å². The standard InChI is InChI=1S/C14H17N3O2/c1-8-4-3-5-17(8)12-6-10-11(7-15-14(10)19)13(16-12)9(2)18/h6,8H,3-5,7H2,1-2H3,(H,15,19). The number of nitrogens with zero attached hydrogens (tertiary/aromatic N) is 2. The van der Waals surface area contributed by atoms with Gasteiger partial charge in [-0.05, 0) is 25.8 Å². The smallest absolute Gasteiger partial charge is 0.252 e. The molecule has 0 aromatic carbocycles. The van der Waals surface area contributed by atoms with E-state index in [4.69, 9.17) is 0 Å². The Bertz CT molecular complexity index is 568. The molecule has 0 aliphatic carbocycles. The van der Waals surface area contributed by atoms with Crippen LogP contribution in [0.15, 0.2) is 6.07 Å². The van der Waals surface area contributed by atoms with Crippen LogP contribution < -0.4 is 10.2 Å². The van der Waals surface area contributed by atoms with E-state index < -0.39 is 0 Å². The fourth-order valence-electron chi connectivity index (χ4n) is 2.92. The van der Waals surface area contributed by atoms with Crippen molar-refractivity contribution in [1.29, 1.82) is 0 Å². The Morgan fingerprint density at radius 2 is 2.32 bits per heavy atom. The van der Waals surface area contributed by atoms with Crippen LogP contribution in [0.3, 0.4) is 0 Å². The molecule has 1 aromatic rings. The average Bonchev–Trinajstić information content (AvgIpc) is 2.95. The topological polar surface area (TPSA) is 62.3 Å². The number of aromatic nitrogens is 1. The molecular formula is C14H17N3O2. The highest BCUT2D eigenvalue weighted by Crippen LogP contribution is 2.28. The van der Waals surface area contributed by atoms with Crippen LogP contribution in [-0.2, 0) is 6.54 Å². The number of nitrogens with one attached hydrogen (secondary N) is 1. The maximum absolute atomic E-state index is 11.8. The predicted octanol–water partition coefficient (Wildman–Crippen LogP) is 1.52. The molecule has 100 valence electrons. The van der Waals surface area contributed by atoms with Crippen molar-refractivity contribution in [2.24, 2.45) is 0 Å². The predicted molar refractivity (Wildman–Crippen MR) is 71.5 cm³/mol. The summed E-state index contributed by atoms with van der Waals surface area (Å²) in [5, 5.41) is 2.76. The number of carbonyl (C=O) groups excluding carboxylic acids is 2. The van der Waals surface area contributed by atoms with Crippen molar-refractivity contribution in [2.75, 3.05) is 11.4 Å². The third-order valence-corrected chi connectivity index (χ3v) is 3.96. The summed E-state index contributed by atoms with van der Waals surface area (Å²) in [6, 6.07) is 2.24. The van der Waals surface area contributed by atoms with Crippen LogP contribution in [0.4, 0.5) is 5.82 Å². The summed E-state index contributed by atoms with van der Waals surface area (Å²) in [4.78, 5) is 30.2. The molecule has 1 aromatic heterocycles. The maximum atomic E-state index is 11.8. The van der Waals surface area contributed by atoms with Gasteiger partial charge < -0.3 is 10.2 Å². The van der Waals surface area contributed by atoms with Gasteiger partial charge in [0.15, 0.2) is 5.78 Å². The van der Waals surface area contributed by atoms with Crippen LogP contribution in [0.2, 0.25) is 0 Å². The summed E-state index contributed by atoms with van der Waals surface area (Å²) >= 11 is 0. The quantitative estimate of drug-likeness (QED) is 0.818. The minimum absolute atomic E-state index is 0.0820. The number of rotatable bonds is 2. The first-order valence-corrected chi connectivity index (χ1v) is 6.67. The third-order valence-electron chi connectivity index (χ3n) is 3.96. The zero-order valence-corrected chi connectivity index (χ0v) is 11.2. The number of hydrogen-bond acceptors (Lipinski definition) is 4. The van der Waals surface area contributed by atoms with Crippen molar-refractivity contribution < 1.29 is 9.59 Å². The molecule has 3 heterocycles. The first-order chi connectivity index (χ1) is 9.08. The van der Waals surface area contributed by atoms with Gasteiger partial charge in [-0.1, -0.05) is 0 Å². The Hall–Kier alpha value is -1.91. The van der Waals surface area contributed by atoms with Gasteiger partial charge in [0.1, 0.15) is 11.5 Å². The highest BCUT2D eigenvalue weighted by molar-refractivity contribution is 6.04. The summed E-state index contributed by atoms with van der Waals surface area (Å²) < 4.78 is 0. The van der Waals surface area contributed by atoms with Gasteiger partial charge in [0, 0.05) is 31.6 Å². The summed E-state index contributed by atoms with van der Waals surface area (Å²) in [6.45, 7) is 5.00.